The molecule has 34 heavy (non-hydrogen) atoms. The number of pyridine rings is 1. The van der Waals surface area contributed by atoms with E-state index in [2.05, 4.69) is 52.1 Å². The predicted molar refractivity (Wildman–Crippen MR) is 135 cm³/mol. The highest BCUT2D eigenvalue weighted by molar-refractivity contribution is 6.00. The number of piperidine rings is 1. The summed E-state index contributed by atoms with van der Waals surface area (Å²) in [5.41, 5.74) is 6.20. The topological polar surface area (TPSA) is 66.3 Å². The standard InChI is InChI=1S/C27H31FN6/c1-16-12-20(13-21-24(16)31-17(2)27(21,3)4)25-22(28)15-30-26(33-25)32-23-7-6-19(14-29-23)18-8-10-34(5)11-9-18/h6-7,12-15,18H,8-11H2,1-5H3,(H,29,30,32,33). The van der Waals surface area contributed by atoms with Crippen molar-refractivity contribution in [1.29, 1.82) is 0 Å². The molecule has 1 N–H and O–H groups in total. The van der Waals surface area contributed by atoms with Gasteiger partial charge in [-0.2, -0.15) is 0 Å². The van der Waals surface area contributed by atoms with Gasteiger partial charge in [0.25, 0.3) is 0 Å². The number of nitrogens with zero attached hydrogens (tertiary/aromatic N) is 5. The summed E-state index contributed by atoms with van der Waals surface area (Å²) in [6.07, 6.45) is 5.44. The SMILES string of the molecule is CC1=Nc2c(C)cc(-c3nc(Nc4ccc(C5CCN(C)CC5)cn4)ncc3F)cc2C1(C)C. The number of hydrogen-bond acceptors (Lipinski definition) is 6. The highest BCUT2D eigenvalue weighted by Crippen LogP contribution is 2.44. The fourth-order valence-corrected chi connectivity index (χ4v) is 4.85. The Morgan fingerprint density at radius 3 is 2.53 bits per heavy atom. The summed E-state index contributed by atoms with van der Waals surface area (Å²) < 4.78 is 14.8. The molecule has 0 radical (unpaired) electrons. The lowest BCUT2D eigenvalue weighted by atomic mass is 9.80. The van der Waals surface area contributed by atoms with Crippen LogP contribution in [0.1, 0.15) is 56.2 Å². The van der Waals surface area contributed by atoms with Crippen molar-refractivity contribution in [1.82, 2.24) is 19.9 Å². The van der Waals surface area contributed by atoms with Crippen LogP contribution in [-0.2, 0) is 5.41 Å². The lowest BCUT2D eigenvalue weighted by molar-refractivity contribution is 0.255. The minimum atomic E-state index is -0.455. The molecular formula is C27H31FN6. The van der Waals surface area contributed by atoms with Crippen LogP contribution in [-0.4, -0.2) is 45.7 Å². The molecule has 7 heteroatoms. The van der Waals surface area contributed by atoms with Crippen molar-refractivity contribution in [2.45, 2.75) is 51.9 Å². The number of aryl methyl sites for hydroxylation is 1. The molecule has 0 aliphatic carbocycles. The van der Waals surface area contributed by atoms with Crippen molar-refractivity contribution < 1.29 is 4.39 Å². The summed E-state index contributed by atoms with van der Waals surface area (Å²) in [4.78, 5) is 20.3. The van der Waals surface area contributed by atoms with Gasteiger partial charge < -0.3 is 10.2 Å². The van der Waals surface area contributed by atoms with Crippen LogP contribution >= 0.6 is 0 Å². The number of hydrogen-bond donors (Lipinski definition) is 1. The van der Waals surface area contributed by atoms with Crippen molar-refractivity contribution in [3.8, 4) is 11.3 Å². The van der Waals surface area contributed by atoms with Crippen molar-refractivity contribution in [3.05, 3.63) is 59.2 Å². The third-order valence-corrected chi connectivity index (χ3v) is 7.39. The number of aliphatic imine (C=N–C) groups is 1. The maximum atomic E-state index is 14.8. The van der Waals surface area contributed by atoms with E-state index in [0.717, 1.165) is 54.0 Å². The number of anilines is 2. The number of halogens is 1. The van der Waals surface area contributed by atoms with Crippen LogP contribution in [0.5, 0.6) is 0 Å². The van der Waals surface area contributed by atoms with Gasteiger partial charge in [-0.3, -0.25) is 4.99 Å². The molecule has 176 valence electrons. The number of rotatable bonds is 4. The summed E-state index contributed by atoms with van der Waals surface area (Å²) in [7, 11) is 2.16. The Labute approximate surface area is 200 Å². The van der Waals surface area contributed by atoms with Gasteiger partial charge in [-0.25, -0.2) is 19.3 Å². The first-order valence-corrected chi connectivity index (χ1v) is 11.9. The monoisotopic (exact) mass is 458 g/mol. The lowest BCUT2D eigenvalue weighted by Gasteiger charge is -2.29. The molecule has 0 atom stereocenters. The van der Waals surface area contributed by atoms with Gasteiger partial charge in [0.05, 0.1) is 11.9 Å². The smallest absolute Gasteiger partial charge is 0.229 e. The van der Waals surface area contributed by atoms with Crippen molar-refractivity contribution in [3.63, 3.8) is 0 Å². The zero-order chi connectivity index (χ0) is 24.0. The van der Waals surface area contributed by atoms with Gasteiger partial charge in [-0.15, -0.1) is 0 Å². The molecule has 2 aliphatic heterocycles. The molecule has 0 unspecified atom stereocenters. The number of fused-ring (bicyclic) bond motifs is 1. The second-order valence-electron chi connectivity index (χ2n) is 10.1. The number of aromatic nitrogens is 3. The van der Waals surface area contributed by atoms with Crippen molar-refractivity contribution >= 4 is 23.2 Å². The largest absolute Gasteiger partial charge is 0.309 e. The Bertz CT molecular complexity index is 1260. The molecule has 4 heterocycles. The minimum absolute atomic E-state index is 0.194. The highest BCUT2D eigenvalue weighted by atomic mass is 19.1. The van der Waals surface area contributed by atoms with E-state index in [1.165, 1.54) is 11.8 Å². The van der Waals surface area contributed by atoms with E-state index in [0.29, 0.717) is 17.7 Å². The quantitative estimate of drug-likeness (QED) is 0.525. The number of nitrogens with one attached hydrogen (secondary N) is 1. The van der Waals surface area contributed by atoms with Crippen molar-refractivity contribution in [2.24, 2.45) is 4.99 Å². The first-order chi connectivity index (χ1) is 16.2. The second-order valence-corrected chi connectivity index (χ2v) is 10.1. The highest BCUT2D eigenvalue weighted by Gasteiger charge is 2.33. The van der Waals surface area contributed by atoms with E-state index in [1.807, 2.05) is 38.2 Å². The summed E-state index contributed by atoms with van der Waals surface area (Å²) in [6, 6.07) is 8.01. The van der Waals surface area contributed by atoms with Crippen LogP contribution in [0, 0.1) is 12.7 Å². The zero-order valence-corrected chi connectivity index (χ0v) is 20.5. The second kappa shape index (κ2) is 8.55. The fraction of sp³-hybridized carbons (Fsp3) is 0.407. The van der Waals surface area contributed by atoms with E-state index >= 15 is 0 Å². The molecule has 0 saturated carbocycles. The fourth-order valence-electron chi connectivity index (χ4n) is 4.85. The van der Waals surface area contributed by atoms with Crippen LogP contribution < -0.4 is 5.32 Å². The normalized spacial score (nSPS) is 18.0. The maximum Gasteiger partial charge on any atom is 0.229 e. The Kier molecular flexibility index (Phi) is 5.68. The van der Waals surface area contributed by atoms with E-state index in [-0.39, 0.29) is 11.1 Å². The van der Waals surface area contributed by atoms with Gasteiger partial charge in [-0.05, 0) is 87.6 Å². The summed E-state index contributed by atoms with van der Waals surface area (Å²) in [5, 5.41) is 3.14. The first kappa shape index (κ1) is 22.6. The van der Waals surface area contributed by atoms with Gasteiger partial charge in [0.1, 0.15) is 11.5 Å². The van der Waals surface area contributed by atoms with Gasteiger partial charge >= 0.3 is 0 Å². The molecule has 5 rings (SSSR count). The Balaban J connectivity index is 1.39. The Hall–Kier alpha value is -3.19. The molecule has 2 aliphatic rings. The number of likely N-dealkylation sites (tertiary alicyclic amines) is 1. The van der Waals surface area contributed by atoms with Gasteiger partial charge in [0.15, 0.2) is 5.82 Å². The van der Waals surface area contributed by atoms with Crippen LogP contribution in [0.15, 0.2) is 41.7 Å². The molecule has 0 bridgehead atoms. The zero-order valence-electron chi connectivity index (χ0n) is 20.5. The Morgan fingerprint density at radius 2 is 1.82 bits per heavy atom. The third-order valence-electron chi connectivity index (χ3n) is 7.39. The number of benzene rings is 1. The molecule has 0 amide bonds. The van der Waals surface area contributed by atoms with Crippen LogP contribution in [0.2, 0.25) is 0 Å². The van der Waals surface area contributed by atoms with Gasteiger partial charge in [0.2, 0.25) is 5.95 Å². The lowest BCUT2D eigenvalue weighted by Crippen LogP contribution is -2.29. The molecule has 0 spiro atoms. The van der Waals surface area contributed by atoms with E-state index < -0.39 is 5.82 Å². The molecule has 1 saturated heterocycles. The molecule has 2 aromatic heterocycles. The van der Waals surface area contributed by atoms with Crippen LogP contribution in [0.3, 0.4) is 0 Å². The summed E-state index contributed by atoms with van der Waals surface area (Å²) in [5.74, 6) is 1.06. The Morgan fingerprint density at radius 1 is 1.06 bits per heavy atom. The average Bonchev–Trinajstić information content (AvgIpc) is 3.05. The average molecular weight is 459 g/mol. The summed E-state index contributed by atoms with van der Waals surface area (Å²) >= 11 is 0. The molecule has 3 aromatic rings. The first-order valence-electron chi connectivity index (χ1n) is 11.9. The molecular weight excluding hydrogens is 427 g/mol. The summed E-state index contributed by atoms with van der Waals surface area (Å²) in [6.45, 7) is 10.6. The van der Waals surface area contributed by atoms with Crippen LogP contribution in [0.25, 0.3) is 11.3 Å². The molecule has 6 nitrogen and oxygen atoms in total. The van der Waals surface area contributed by atoms with Gasteiger partial charge in [-0.1, -0.05) is 19.9 Å². The maximum absolute atomic E-state index is 14.8. The van der Waals surface area contributed by atoms with Gasteiger partial charge in [0, 0.05) is 22.9 Å². The third kappa shape index (κ3) is 4.09. The van der Waals surface area contributed by atoms with E-state index in [9.17, 15) is 4.39 Å². The van der Waals surface area contributed by atoms with E-state index in [4.69, 9.17) is 4.99 Å². The van der Waals surface area contributed by atoms with Crippen LogP contribution in [0.4, 0.5) is 21.8 Å². The molecule has 1 fully saturated rings. The predicted octanol–water partition coefficient (Wildman–Crippen LogP) is 5.92. The van der Waals surface area contributed by atoms with Crippen molar-refractivity contribution in [2.75, 3.05) is 25.5 Å². The van der Waals surface area contributed by atoms with E-state index in [1.54, 1.807) is 0 Å². The molecule has 1 aromatic carbocycles. The minimum Gasteiger partial charge on any atom is -0.309 e.